The standard InChI is InChI=1S/C17H29N5O8S2/c1-32-5-4-10(20-14(26)8(18)6-12(19)23)16(28)21-9(2-3-13(24)25)15(27)22-11(7-31)17(29)30/h8-11,31H,2-7,18H2,1H3,(H2,19,23)(H,20,26)(H,21,28)(H,22,27)(H,24,25)(H,29,30). The highest BCUT2D eigenvalue weighted by Crippen LogP contribution is 2.06. The quantitative estimate of drug-likeness (QED) is 0.103. The van der Waals surface area contributed by atoms with Gasteiger partial charge in [0.2, 0.25) is 23.6 Å². The summed E-state index contributed by atoms with van der Waals surface area (Å²) >= 11 is 5.21. The molecule has 0 fully saturated rings. The number of nitrogens with two attached hydrogens (primary N) is 2. The van der Waals surface area contributed by atoms with Gasteiger partial charge in [-0.1, -0.05) is 0 Å². The van der Waals surface area contributed by atoms with Gasteiger partial charge in [-0.2, -0.15) is 24.4 Å². The molecule has 0 rings (SSSR count). The van der Waals surface area contributed by atoms with Crippen LogP contribution in [0.25, 0.3) is 0 Å². The molecule has 13 nitrogen and oxygen atoms in total. The van der Waals surface area contributed by atoms with Crippen molar-refractivity contribution in [1.29, 1.82) is 0 Å². The number of thiol groups is 1. The van der Waals surface area contributed by atoms with E-state index in [4.69, 9.17) is 21.7 Å². The fraction of sp³-hybridized carbons (Fsp3) is 0.647. The predicted octanol–water partition coefficient (Wildman–Crippen LogP) is -2.72. The molecule has 0 aliphatic carbocycles. The third kappa shape index (κ3) is 11.8. The van der Waals surface area contributed by atoms with Crippen LogP contribution in [0.5, 0.6) is 0 Å². The Morgan fingerprint density at radius 3 is 1.84 bits per heavy atom. The summed E-state index contributed by atoms with van der Waals surface area (Å²) in [5.74, 6) is -5.71. The van der Waals surface area contributed by atoms with E-state index < -0.39 is 72.6 Å². The van der Waals surface area contributed by atoms with Gasteiger partial charge in [-0.05, 0) is 24.9 Å². The topological polar surface area (TPSA) is 231 Å². The Kier molecular flexibility index (Phi) is 14.1. The zero-order valence-electron chi connectivity index (χ0n) is 17.4. The zero-order chi connectivity index (χ0) is 24.8. The first kappa shape index (κ1) is 29.5. The number of carbonyl (C=O) groups excluding carboxylic acids is 4. The van der Waals surface area contributed by atoms with E-state index in [0.717, 1.165) is 0 Å². The highest BCUT2D eigenvalue weighted by Gasteiger charge is 2.30. The fourth-order valence-electron chi connectivity index (χ4n) is 2.36. The summed E-state index contributed by atoms with van der Waals surface area (Å²) in [4.78, 5) is 70.4. The summed E-state index contributed by atoms with van der Waals surface area (Å²) < 4.78 is 0. The van der Waals surface area contributed by atoms with Crippen LogP contribution in [0, 0.1) is 0 Å². The Labute approximate surface area is 194 Å². The summed E-state index contributed by atoms with van der Waals surface area (Å²) in [7, 11) is 0. The highest BCUT2D eigenvalue weighted by atomic mass is 32.2. The van der Waals surface area contributed by atoms with E-state index in [2.05, 4.69) is 28.6 Å². The molecule has 4 unspecified atom stereocenters. The maximum Gasteiger partial charge on any atom is 0.327 e. The minimum absolute atomic E-state index is 0.143. The molecule has 0 bridgehead atoms. The Morgan fingerprint density at radius 2 is 1.41 bits per heavy atom. The summed E-state index contributed by atoms with van der Waals surface area (Å²) in [5, 5.41) is 24.9. The van der Waals surface area contributed by atoms with Crippen molar-refractivity contribution in [3.05, 3.63) is 0 Å². The second-order valence-corrected chi connectivity index (χ2v) is 8.05. The Balaban J connectivity index is 5.44. The summed E-state index contributed by atoms with van der Waals surface area (Å²) in [6.45, 7) is 0. The molecule has 0 heterocycles. The van der Waals surface area contributed by atoms with Gasteiger partial charge in [0.25, 0.3) is 0 Å². The van der Waals surface area contributed by atoms with Gasteiger partial charge < -0.3 is 37.6 Å². The van der Waals surface area contributed by atoms with Crippen molar-refractivity contribution in [3.63, 3.8) is 0 Å². The van der Waals surface area contributed by atoms with Crippen molar-refractivity contribution < 1.29 is 39.0 Å². The van der Waals surface area contributed by atoms with Gasteiger partial charge >= 0.3 is 11.9 Å². The van der Waals surface area contributed by atoms with Crippen LogP contribution in [0.1, 0.15) is 25.7 Å². The number of primary amides is 1. The van der Waals surface area contributed by atoms with Crippen molar-refractivity contribution in [2.24, 2.45) is 11.5 Å². The van der Waals surface area contributed by atoms with Gasteiger partial charge in [-0.3, -0.25) is 24.0 Å². The monoisotopic (exact) mass is 495 g/mol. The fourth-order valence-corrected chi connectivity index (χ4v) is 3.08. The summed E-state index contributed by atoms with van der Waals surface area (Å²) in [6, 6.07) is -5.16. The molecule has 0 aliphatic heterocycles. The molecular formula is C17H29N5O8S2. The molecule has 0 aromatic rings. The summed E-state index contributed by atoms with van der Waals surface area (Å²) in [5.41, 5.74) is 10.6. The molecular weight excluding hydrogens is 466 g/mol. The number of nitrogens with one attached hydrogen (secondary N) is 3. The maximum absolute atomic E-state index is 12.8. The normalized spacial score (nSPS) is 14.3. The van der Waals surface area contributed by atoms with Gasteiger partial charge in [-0.25, -0.2) is 4.79 Å². The molecule has 0 radical (unpaired) electrons. The second kappa shape index (κ2) is 15.3. The Morgan fingerprint density at radius 1 is 0.906 bits per heavy atom. The van der Waals surface area contributed by atoms with Gasteiger partial charge in [0, 0.05) is 12.2 Å². The van der Waals surface area contributed by atoms with E-state index in [9.17, 15) is 28.8 Å². The lowest BCUT2D eigenvalue weighted by atomic mass is 10.1. The van der Waals surface area contributed by atoms with Crippen LogP contribution in [0.3, 0.4) is 0 Å². The van der Waals surface area contributed by atoms with Crippen molar-refractivity contribution in [3.8, 4) is 0 Å². The lowest BCUT2D eigenvalue weighted by molar-refractivity contribution is -0.142. The summed E-state index contributed by atoms with van der Waals surface area (Å²) in [6.07, 6.45) is 0.664. The largest absolute Gasteiger partial charge is 0.481 e. The van der Waals surface area contributed by atoms with Crippen LogP contribution in [0.15, 0.2) is 0 Å². The average molecular weight is 496 g/mol. The lowest BCUT2D eigenvalue weighted by Gasteiger charge is -2.24. The van der Waals surface area contributed by atoms with Crippen molar-refractivity contribution in [2.45, 2.75) is 49.9 Å². The molecule has 9 N–H and O–H groups in total. The van der Waals surface area contributed by atoms with E-state index in [1.165, 1.54) is 11.8 Å². The molecule has 0 saturated carbocycles. The molecule has 182 valence electrons. The van der Waals surface area contributed by atoms with Gasteiger partial charge in [-0.15, -0.1) is 0 Å². The van der Waals surface area contributed by atoms with E-state index in [-0.39, 0.29) is 18.6 Å². The van der Waals surface area contributed by atoms with Gasteiger partial charge in [0.15, 0.2) is 0 Å². The first-order chi connectivity index (χ1) is 14.9. The molecule has 4 atom stereocenters. The minimum Gasteiger partial charge on any atom is -0.481 e. The molecule has 0 spiro atoms. The van der Waals surface area contributed by atoms with Crippen LogP contribution in [-0.2, 0) is 28.8 Å². The van der Waals surface area contributed by atoms with Crippen LogP contribution in [0.2, 0.25) is 0 Å². The van der Waals surface area contributed by atoms with Crippen molar-refractivity contribution >= 4 is 60.0 Å². The lowest BCUT2D eigenvalue weighted by Crippen LogP contribution is -2.57. The molecule has 0 aromatic heterocycles. The molecule has 0 saturated heterocycles. The maximum atomic E-state index is 12.8. The molecule has 32 heavy (non-hydrogen) atoms. The van der Waals surface area contributed by atoms with Crippen LogP contribution in [0.4, 0.5) is 0 Å². The van der Waals surface area contributed by atoms with Crippen LogP contribution < -0.4 is 27.4 Å². The average Bonchev–Trinajstić information content (AvgIpc) is 2.70. The van der Waals surface area contributed by atoms with Gasteiger partial charge in [0.1, 0.15) is 18.1 Å². The van der Waals surface area contributed by atoms with E-state index >= 15 is 0 Å². The number of thioether (sulfide) groups is 1. The Bertz CT molecular complexity index is 708. The van der Waals surface area contributed by atoms with E-state index in [1.54, 1.807) is 6.26 Å². The number of carboxylic acid groups (broad SMARTS) is 2. The number of carbonyl (C=O) groups is 6. The molecule has 15 heteroatoms. The second-order valence-electron chi connectivity index (χ2n) is 6.70. The molecule has 4 amide bonds. The Hall–Kier alpha value is -2.52. The first-order valence-electron chi connectivity index (χ1n) is 9.42. The number of hydrogen-bond donors (Lipinski definition) is 8. The predicted molar refractivity (Wildman–Crippen MR) is 119 cm³/mol. The number of aliphatic carboxylic acids is 2. The first-order valence-corrected chi connectivity index (χ1v) is 11.4. The van der Waals surface area contributed by atoms with E-state index in [0.29, 0.717) is 5.75 Å². The third-order valence-electron chi connectivity index (χ3n) is 4.08. The van der Waals surface area contributed by atoms with Crippen molar-refractivity contribution in [1.82, 2.24) is 16.0 Å². The SMILES string of the molecule is CSCCC(NC(=O)C(N)CC(N)=O)C(=O)NC(CCC(=O)O)C(=O)NC(CS)C(=O)O. The van der Waals surface area contributed by atoms with Gasteiger partial charge in [0.05, 0.1) is 12.5 Å². The zero-order valence-corrected chi connectivity index (χ0v) is 19.1. The number of carboxylic acids is 2. The number of rotatable bonds is 16. The number of amides is 4. The number of hydrogen-bond acceptors (Lipinski definition) is 9. The smallest absolute Gasteiger partial charge is 0.327 e. The van der Waals surface area contributed by atoms with Crippen LogP contribution in [-0.4, -0.2) is 87.7 Å². The molecule has 0 aliphatic rings. The highest BCUT2D eigenvalue weighted by molar-refractivity contribution is 7.98. The minimum atomic E-state index is -1.38. The van der Waals surface area contributed by atoms with Crippen molar-refractivity contribution in [2.75, 3.05) is 17.8 Å². The van der Waals surface area contributed by atoms with E-state index in [1.807, 2.05) is 0 Å². The molecule has 0 aromatic carbocycles. The third-order valence-corrected chi connectivity index (χ3v) is 5.09. The van der Waals surface area contributed by atoms with Crippen LogP contribution >= 0.6 is 24.4 Å².